The molecule has 6 nitrogen and oxygen atoms in total. The molecule has 0 unspecified atom stereocenters. The molecule has 0 saturated carbocycles. The average molecular weight is 294 g/mol. The van der Waals surface area contributed by atoms with E-state index in [9.17, 15) is 14.4 Å². The minimum absolute atomic E-state index is 0.0520. The second kappa shape index (κ2) is 7.24. The zero-order chi connectivity index (χ0) is 15.2. The fourth-order valence-corrected chi connectivity index (χ4v) is 2.57. The molecule has 0 bridgehead atoms. The summed E-state index contributed by atoms with van der Waals surface area (Å²) in [4.78, 5) is 35.5. The summed E-state index contributed by atoms with van der Waals surface area (Å²) in [5.74, 6) is 0.429. The van der Waals surface area contributed by atoms with Crippen molar-refractivity contribution in [1.82, 2.24) is 10.2 Å². The van der Waals surface area contributed by atoms with Crippen molar-refractivity contribution in [3.8, 4) is 0 Å². The Kier molecular flexibility index (Phi) is 5.36. The van der Waals surface area contributed by atoms with Crippen molar-refractivity contribution in [3.63, 3.8) is 0 Å². The lowest BCUT2D eigenvalue weighted by atomic mass is 9.85. The summed E-state index contributed by atoms with van der Waals surface area (Å²) in [6, 6.07) is -0.379. The Morgan fingerprint density at radius 3 is 2.81 bits per heavy atom. The molecule has 2 rings (SSSR count). The van der Waals surface area contributed by atoms with Gasteiger partial charge in [0.05, 0.1) is 13.2 Å². The number of hydrogen-bond donors (Lipinski definition) is 1. The number of amides is 3. The highest BCUT2D eigenvalue weighted by atomic mass is 16.5. The van der Waals surface area contributed by atoms with E-state index in [0.717, 1.165) is 17.7 Å². The number of carbonyl (C=O) groups excluding carboxylic acids is 3. The molecule has 3 amide bonds. The quantitative estimate of drug-likeness (QED) is 0.457. The predicted octanol–water partition coefficient (Wildman–Crippen LogP) is 1.46. The van der Waals surface area contributed by atoms with Crippen molar-refractivity contribution in [3.05, 3.63) is 12.2 Å². The van der Waals surface area contributed by atoms with E-state index in [1.165, 1.54) is 0 Å². The van der Waals surface area contributed by atoms with Gasteiger partial charge in [0.15, 0.2) is 0 Å². The van der Waals surface area contributed by atoms with E-state index in [2.05, 4.69) is 24.4 Å². The molecule has 0 radical (unpaired) electrons. The van der Waals surface area contributed by atoms with E-state index in [4.69, 9.17) is 4.74 Å². The van der Waals surface area contributed by atoms with E-state index in [1.807, 2.05) is 0 Å². The summed E-state index contributed by atoms with van der Waals surface area (Å²) in [6.07, 6.45) is 6.97. The minimum atomic E-state index is -0.379. The van der Waals surface area contributed by atoms with Gasteiger partial charge in [0.2, 0.25) is 5.91 Å². The molecule has 1 fully saturated rings. The van der Waals surface area contributed by atoms with Crippen LogP contribution in [0, 0.1) is 11.8 Å². The van der Waals surface area contributed by atoms with E-state index in [0.29, 0.717) is 24.9 Å². The van der Waals surface area contributed by atoms with Crippen molar-refractivity contribution in [2.45, 2.75) is 32.6 Å². The number of imide groups is 1. The lowest BCUT2D eigenvalue weighted by Gasteiger charge is -2.24. The highest BCUT2D eigenvalue weighted by molar-refractivity contribution is 6.01. The maximum Gasteiger partial charge on any atom is 0.324 e. The third-order valence-electron chi connectivity index (χ3n) is 4.08. The SMILES string of the molecule is C[C@@H]1CC=CC[C@@H]1COC(=O)CCCN1C(=O)CNC1=O. The monoisotopic (exact) mass is 294 g/mol. The second-order valence-corrected chi connectivity index (χ2v) is 5.67. The lowest BCUT2D eigenvalue weighted by molar-refractivity contribution is -0.146. The number of esters is 1. The van der Waals surface area contributed by atoms with Gasteiger partial charge >= 0.3 is 12.0 Å². The van der Waals surface area contributed by atoms with Crippen molar-refractivity contribution >= 4 is 17.9 Å². The number of ether oxygens (including phenoxy) is 1. The fourth-order valence-electron chi connectivity index (χ4n) is 2.57. The van der Waals surface area contributed by atoms with Gasteiger partial charge in [-0.05, 0) is 31.1 Å². The maximum atomic E-state index is 11.7. The molecule has 2 atom stereocenters. The molecule has 0 aromatic carbocycles. The van der Waals surface area contributed by atoms with Crippen LogP contribution in [-0.2, 0) is 14.3 Å². The number of rotatable bonds is 6. The summed E-state index contributed by atoms with van der Waals surface area (Å²) >= 11 is 0. The number of hydrogen-bond acceptors (Lipinski definition) is 4. The van der Waals surface area contributed by atoms with Crippen LogP contribution >= 0.6 is 0 Å². The number of carbonyl (C=O) groups is 3. The first-order valence-corrected chi connectivity index (χ1v) is 7.46. The standard InChI is InChI=1S/C15H22N2O4/c1-11-5-2-3-6-12(11)10-21-14(19)7-4-8-17-13(18)9-16-15(17)20/h2-3,11-12H,4-10H2,1H3,(H,16,20)/t11-,12-/m1/s1. The van der Waals surface area contributed by atoms with Gasteiger partial charge in [0.25, 0.3) is 0 Å². The first kappa shape index (κ1) is 15.5. The van der Waals surface area contributed by atoms with Gasteiger partial charge in [0, 0.05) is 13.0 Å². The van der Waals surface area contributed by atoms with Crippen molar-refractivity contribution in [2.75, 3.05) is 19.7 Å². The third kappa shape index (κ3) is 4.31. The van der Waals surface area contributed by atoms with Crippen LogP contribution in [0.1, 0.15) is 32.6 Å². The second-order valence-electron chi connectivity index (χ2n) is 5.67. The number of nitrogens with zero attached hydrogens (tertiary/aromatic N) is 1. The van der Waals surface area contributed by atoms with Gasteiger partial charge in [-0.15, -0.1) is 0 Å². The lowest BCUT2D eigenvalue weighted by Crippen LogP contribution is -2.32. The van der Waals surface area contributed by atoms with Gasteiger partial charge in [-0.1, -0.05) is 19.1 Å². The smallest absolute Gasteiger partial charge is 0.324 e. The summed E-state index contributed by atoms with van der Waals surface area (Å²) in [5.41, 5.74) is 0. The molecular formula is C15H22N2O4. The molecule has 21 heavy (non-hydrogen) atoms. The first-order valence-electron chi connectivity index (χ1n) is 7.46. The molecule has 1 N–H and O–H groups in total. The number of nitrogens with one attached hydrogen (secondary N) is 1. The molecule has 1 aliphatic carbocycles. The van der Waals surface area contributed by atoms with E-state index in [-0.39, 0.29) is 37.4 Å². The zero-order valence-electron chi connectivity index (χ0n) is 12.3. The molecule has 1 heterocycles. The normalized spacial score (nSPS) is 25.1. The zero-order valence-corrected chi connectivity index (χ0v) is 12.3. The van der Waals surface area contributed by atoms with E-state index < -0.39 is 0 Å². The number of urea groups is 1. The van der Waals surface area contributed by atoms with E-state index >= 15 is 0 Å². The molecule has 6 heteroatoms. The highest BCUT2D eigenvalue weighted by Gasteiger charge is 2.28. The molecular weight excluding hydrogens is 272 g/mol. The Morgan fingerprint density at radius 1 is 1.38 bits per heavy atom. The molecule has 0 aromatic heterocycles. The Labute approximate surface area is 124 Å². The minimum Gasteiger partial charge on any atom is -0.465 e. The van der Waals surface area contributed by atoms with Crippen molar-refractivity contribution in [1.29, 1.82) is 0 Å². The van der Waals surface area contributed by atoms with Crippen LogP contribution in [0.2, 0.25) is 0 Å². The Balaban J connectivity index is 1.62. The summed E-state index contributed by atoms with van der Waals surface area (Å²) in [6.45, 7) is 2.94. The summed E-state index contributed by atoms with van der Waals surface area (Å²) in [5, 5.41) is 2.45. The van der Waals surface area contributed by atoms with Crippen molar-refractivity contribution in [2.24, 2.45) is 11.8 Å². The van der Waals surface area contributed by atoms with Gasteiger partial charge in [-0.25, -0.2) is 4.79 Å². The van der Waals surface area contributed by atoms with Crippen LogP contribution in [0.4, 0.5) is 4.79 Å². The van der Waals surface area contributed by atoms with Gasteiger partial charge in [0.1, 0.15) is 0 Å². The third-order valence-corrected chi connectivity index (χ3v) is 4.08. The van der Waals surface area contributed by atoms with Crippen molar-refractivity contribution < 1.29 is 19.1 Å². The Bertz CT molecular complexity index is 431. The van der Waals surface area contributed by atoms with Crippen LogP contribution in [0.25, 0.3) is 0 Å². The largest absolute Gasteiger partial charge is 0.465 e. The molecule has 2 aliphatic rings. The number of allylic oxidation sites excluding steroid dienone is 2. The van der Waals surface area contributed by atoms with Crippen LogP contribution in [-0.4, -0.2) is 42.5 Å². The summed E-state index contributed by atoms with van der Waals surface area (Å²) < 4.78 is 5.29. The fraction of sp³-hybridized carbons (Fsp3) is 0.667. The van der Waals surface area contributed by atoms with Crippen LogP contribution < -0.4 is 5.32 Å². The Morgan fingerprint density at radius 2 is 2.14 bits per heavy atom. The molecule has 1 aliphatic heterocycles. The van der Waals surface area contributed by atoms with E-state index in [1.54, 1.807) is 0 Å². The van der Waals surface area contributed by atoms with Gasteiger partial charge < -0.3 is 10.1 Å². The Hall–Kier alpha value is -1.85. The average Bonchev–Trinajstić information content (AvgIpc) is 2.78. The molecule has 0 spiro atoms. The van der Waals surface area contributed by atoms with Crippen LogP contribution in [0.5, 0.6) is 0 Å². The maximum absolute atomic E-state index is 11.7. The first-order chi connectivity index (χ1) is 10.1. The topological polar surface area (TPSA) is 75.7 Å². The van der Waals surface area contributed by atoms with Gasteiger partial charge in [-0.2, -0.15) is 0 Å². The van der Waals surface area contributed by atoms with Crippen LogP contribution in [0.15, 0.2) is 12.2 Å². The molecule has 1 saturated heterocycles. The van der Waals surface area contributed by atoms with Crippen LogP contribution in [0.3, 0.4) is 0 Å². The predicted molar refractivity (Wildman–Crippen MR) is 76.3 cm³/mol. The highest BCUT2D eigenvalue weighted by Crippen LogP contribution is 2.25. The summed E-state index contributed by atoms with van der Waals surface area (Å²) in [7, 11) is 0. The molecule has 0 aromatic rings. The molecule has 116 valence electrons. The van der Waals surface area contributed by atoms with Gasteiger partial charge in [-0.3, -0.25) is 14.5 Å².